The Morgan fingerprint density at radius 3 is 2.38 bits per heavy atom. The van der Waals surface area contributed by atoms with E-state index in [0.717, 1.165) is 5.75 Å². The van der Waals surface area contributed by atoms with Gasteiger partial charge < -0.3 is 15.2 Å². The first kappa shape index (κ1) is 13.0. The number of benzene rings is 1. The van der Waals surface area contributed by atoms with Crippen molar-refractivity contribution in [2.24, 2.45) is 0 Å². The van der Waals surface area contributed by atoms with E-state index in [0.29, 0.717) is 6.61 Å². The van der Waals surface area contributed by atoms with Crippen molar-refractivity contribution in [3.8, 4) is 5.75 Å². The number of rotatable bonds is 6. The van der Waals surface area contributed by atoms with Crippen LogP contribution >= 0.6 is 0 Å². The van der Waals surface area contributed by atoms with Gasteiger partial charge in [0.1, 0.15) is 5.75 Å². The van der Waals surface area contributed by atoms with Gasteiger partial charge in [0.2, 0.25) is 0 Å². The Kier molecular flexibility index (Phi) is 5.29. The lowest BCUT2D eigenvalue weighted by molar-refractivity contribution is 0.243. The first-order valence-corrected chi connectivity index (χ1v) is 5.77. The summed E-state index contributed by atoms with van der Waals surface area (Å²) in [6.45, 7) is 6.87. The van der Waals surface area contributed by atoms with Crippen LogP contribution in [-0.2, 0) is 0 Å². The maximum Gasteiger partial charge on any atom is 0.119 e. The summed E-state index contributed by atoms with van der Waals surface area (Å²) in [4.78, 5) is 0. The van der Waals surface area contributed by atoms with Crippen molar-refractivity contribution in [3.05, 3.63) is 29.8 Å². The van der Waals surface area contributed by atoms with Gasteiger partial charge in [0, 0.05) is 12.1 Å². The fourth-order valence-corrected chi connectivity index (χ4v) is 1.60. The van der Waals surface area contributed by atoms with Gasteiger partial charge in [-0.1, -0.05) is 12.1 Å². The summed E-state index contributed by atoms with van der Waals surface area (Å²) < 4.78 is 5.38. The van der Waals surface area contributed by atoms with E-state index in [1.165, 1.54) is 5.56 Å². The van der Waals surface area contributed by atoms with Crippen LogP contribution in [0.5, 0.6) is 5.75 Å². The molecule has 0 saturated heterocycles. The second-order valence-electron chi connectivity index (χ2n) is 3.97. The van der Waals surface area contributed by atoms with Crippen LogP contribution in [0.4, 0.5) is 0 Å². The molecule has 0 heterocycles. The molecule has 0 amide bonds. The Hall–Kier alpha value is -1.06. The van der Waals surface area contributed by atoms with Crippen molar-refractivity contribution >= 4 is 0 Å². The molecule has 1 rings (SSSR count). The molecule has 0 radical (unpaired) electrons. The van der Waals surface area contributed by atoms with E-state index in [9.17, 15) is 0 Å². The summed E-state index contributed by atoms with van der Waals surface area (Å²) in [5.74, 6) is 0.897. The fraction of sp³-hybridized carbons (Fsp3) is 0.538. The molecule has 0 aromatic heterocycles. The third-order valence-electron chi connectivity index (χ3n) is 2.50. The maximum absolute atomic E-state index is 8.96. The first-order chi connectivity index (χ1) is 7.67. The molecule has 2 atom stereocenters. The Morgan fingerprint density at radius 2 is 1.88 bits per heavy atom. The van der Waals surface area contributed by atoms with E-state index in [4.69, 9.17) is 9.84 Å². The van der Waals surface area contributed by atoms with Gasteiger partial charge in [-0.05, 0) is 38.5 Å². The average molecular weight is 223 g/mol. The van der Waals surface area contributed by atoms with Crippen molar-refractivity contribution in [2.45, 2.75) is 32.9 Å². The second kappa shape index (κ2) is 6.51. The van der Waals surface area contributed by atoms with Crippen molar-refractivity contribution in [2.75, 3.05) is 13.2 Å². The van der Waals surface area contributed by atoms with Crippen LogP contribution in [0.25, 0.3) is 0 Å². The standard InChI is InChI=1S/C13H21NO2/c1-4-16-13-7-5-12(6-8-13)11(3)14-10(2)9-15/h5-8,10-11,14-15H,4,9H2,1-3H3. The lowest BCUT2D eigenvalue weighted by Gasteiger charge is -2.18. The Morgan fingerprint density at radius 1 is 1.25 bits per heavy atom. The molecule has 0 aliphatic rings. The highest BCUT2D eigenvalue weighted by molar-refractivity contribution is 5.28. The Bertz CT molecular complexity index is 297. The molecule has 1 aromatic carbocycles. The molecule has 16 heavy (non-hydrogen) atoms. The van der Waals surface area contributed by atoms with Crippen molar-refractivity contribution in [1.82, 2.24) is 5.32 Å². The number of ether oxygens (including phenoxy) is 1. The molecule has 0 aliphatic carbocycles. The van der Waals surface area contributed by atoms with Crippen LogP contribution in [0.3, 0.4) is 0 Å². The van der Waals surface area contributed by atoms with Gasteiger partial charge in [-0.3, -0.25) is 0 Å². The van der Waals surface area contributed by atoms with Crippen LogP contribution in [0.1, 0.15) is 32.4 Å². The molecule has 3 nitrogen and oxygen atoms in total. The molecular formula is C13H21NO2. The van der Waals surface area contributed by atoms with E-state index in [1.807, 2.05) is 38.1 Å². The van der Waals surface area contributed by atoms with Gasteiger partial charge >= 0.3 is 0 Å². The highest BCUT2D eigenvalue weighted by Gasteiger charge is 2.08. The quantitative estimate of drug-likeness (QED) is 0.776. The lowest BCUT2D eigenvalue weighted by atomic mass is 10.1. The topological polar surface area (TPSA) is 41.5 Å². The minimum atomic E-state index is 0.113. The van der Waals surface area contributed by atoms with Gasteiger partial charge in [0.25, 0.3) is 0 Å². The van der Waals surface area contributed by atoms with Gasteiger partial charge in [-0.15, -0.1) is 0 Å². The summed E-state index contributed by atoms with van der Waals surface area (Å²) in [6.07, 6.45) is 0. The molecular weight excluding hydrogens is 202 g/mol. The summed E-state index contributed by atoms with van der Waals surface area (Å²) in [6, 6.07) is 8.39. The summed E-state index contributed by atoms with van der Waals surface area (Å²) in [5, 5.41) is 12.3. The number of aliphatic hydroxyl groups excluding tert-OH is 1. The zero-order valence-corrected chi connectivity index (χ0v) is 10.2. The summed E-state index contributed by atoms with van der Waals surface area (Å²) in [7, 11) is 0. The van der Waals surface area contributed by atoms with Gasteiger partial charge in [-0.2, -0.15) is 0 Å². The average Bonchev–Trinajstić information content (AvgIpc) is 2.30. The molecule has 0 bridgehead atoms. The monoisotopic (exact) mass is 223 g/mol. The van der Waals surface area contributed by atoms with Gasteiger partial charge in [0.15, 0.2) is 0 Å². The van der Waals surface area contributed by atoms with Crippen LogP contribution in [0.2, 0.25) is 0 Å². The van der Waals surface area contributed by atoms with Gasteiger partial charge in [0.05, 0.1) is 13.2 Å². The Labute approximate surface area is 97.4 Å². The van der Waals surface area contributed by atoms with E-state index in [2.05, 4.69) is 12.2 Å². The van der Waals surface area contributed by atoms with Crippen LogP contribution < -0.4 is 10.1 Å². The predicted octanol–water partition coefficient (Wildman–Crippen LogP) is 2.12. The van der Waals surface area contributed by atoms with E-state index >= 15 is 0 Å². The summed E-state index contributed by atoms with van der Waals surface area (Å²) in [5.41, 5.74) is 1.20. The van der Waals surface area contributed by atoms with Crippen molar-refractivity contribution < 1.29 is 9.84 Å². The number of hydrogen-bond donors (Lipinski definition) is 2. The molecule has 90 valence electrons. The minimum absolute atomic E-state index is 0.113. The Balaban J connectivity index is 2.59. The third-order valence-corrected chi connectivity index (χ3v) is 2.50. The minimum Gasteiger partial charge on any atom is -0.494 e. The van der Waals surface area contributed by atoms with Crippen molar-refractivity contribution in [1.29, 1.82) is 0 Å². The molecule has 0 saturated carbocycles. The molecule has 3 heteroatoms. The maximum atomic E-state index is 8.96. The summed E-state index contributed by atoms with van der Waals surface area (Å²) >= 11 is 0. The highest BCUT2D eigenvalue weighted by atomic mass is 16.5. The largest absolute Gasteiger partial charge is 0.494 e. The fourth-order valence-electron chi connectivity index (χ4n) is 1.60. The lowest BCUT2D eigenvalue weighted by Crippen LogP contribution is -2.31. The predicted molar refractivity (Wildman–Crippen MR) is 65.7 cm³/mol. The molecule has 1 aromatic rings. The number of hydrogen-bond acceptors (Lipinski definition) is 3. The number of aliphatic hydroxyl groups is 1. The van der Waals surface area contributed by atoms with Crippen LogP contribution in [0, 0.1) is 0 Å². The zero-order chi connectivity index (χ0) is 12.0. The smallest absolute Gasteiger partial charge is 0.119 e. The van der Waals surface area contributed by atoms with Crippen LogP contribution in [0.15, 0.2) is 24.3 Å². The van der Waals surface area contributed by atoms with E-state index in [-0.39, 0.29) is 18.7 Å². The van der Waals surface area contributed by atoms with Crippen LogP contribution in [-0.4, -0.2) is 24.4 Å². The van der Waals surface area contributed by atoms with Gasteiger partial charge in [-0.25, -0.2) is 0 Å². The van der Waals surface area contributed by atoms with Crippen molar-refractivity contribution in [3.63, 3.8) is 0 Å². The molecule has 0 aliphatic heterocycles. The molecule has 0 fully saturated rings. The highest BCUT2D eigenvalue weighted by Crippen LogP contribution is 2.17. The van der Waals surface area contributed by atoms with E-state index in [1.54, 1.807) is 0 Å². The molecule has 2 unspecified atom stereocenters. The number of nitrogens with one attached hydrogen (secondary N) is 1. The normalized spacial score (nSPS) is 14.5. The van der Waals surface area contributed by atoms with E-state index < -0.39 is 0 Å². The molecule has 0 spiro atoms. The first-order valence-electron chi connectivity index (χ1n) is 5.77. The second-order valence-corrected chi connectivity index (χ2v) is 3.97. The third kappa shape index (κ3) is 3.83. The molecule has 2 N–H and O–H groups in total. The SMILES string of the molecule is CCOc1ccc(C(C)NC(C)CO)cc1. The zero-order valence-electron chi connectivity index (χ0n) is 10.2.